The Bertz CT molecular complexity index is 431. The number of hydrogen-bond donors (Lipinski definition) is 2. The van der Waals surface area contributed by atoms with Crippen molar-refractivity contribution < 1.29 is 13.5 Å². The van der Waals surface area contributed by atoms with Crippen molar-refractivity contribution in [1.82, 2.24) is 9.03 Å². The summed E-state index contributed by atoms with van der Waals surface area (Å²) in [6, 6.07) is 9.44. The molecule has 1 aromatic carbocycles. The highest BCUT2D eigenvalue weighted by Crippen LogP contribution is 2.02. The molecule has 0 spiro atoms. The second-order valence-corrected chi connectivity index (χ2v) is 5.95. The number of nitrogens with one attached hydrogen (secondary N) is 1. The van der Waals surface area contributed by atoms with E-state index in [1.54, 1.807) is 0 Å². The van der Waals surface area contributed by atoms with Gasteiger partial charge in [-0.3, -0.25) is 0 Å². The van der Waals surface area contributed by atoms with Crippen LogP contribution < -0.4 is 4.72 Å². The number of aliphatic hydroxyl groups excluding tert-OH is 1. The molecule has 0 radical (unpaired) electrons. The maximum atomic E-state index is 11.4. The zero-order chi connectivity index (χ0) is 12.9. The van der Waals surface area contributed by atoms with Crippen molar-refractivity contribution in [3.05, 3.63) is 35.9 Å². The normalized spacial score (nSPS) is 13.9. The topological polar surface area (TPSA) is 69.6 Å². The molecular formula is C11H18N2O3S. The predicted molar refractivity (Wildman–Crippen MR) is 66.8 cm³/mol. The minimum Gasteiger partial charge on any atom is -0.391 e. The van der Waals surface area contributed by atoms with Gasteiger partial charge in [0.15, 0.2) is 0 Å². The summed E-state index contributed by atoms with van der Waals surface area (Å²) in [5, 5.41) is 9.70. The van der Waals surface area contributed by atoms with Crippen molar-refractivity contribution >= 4 is 10.2 Å². The Morgan fingerprint density at radius 2 is 1.88 bits per heavy atom. The fourth-order valence-corrected chi connectivity index (χ4v) is 1.95. The lowest BCUT2D eigenvalue weighted by molar-refractivity contribution is 0.178. The maximum absolute atomic E-state index is 11.4. The molecular weight excluding hydrogens is 240 g/mol. The first kappa shape index (κ1) is 14.1. The summed E-state index contributed by atoms with van der Waals surface area (Å²) >= 11 is 0. The molecule has 17 heavy (non-hydrogen) atoms. The van der Waals surface area contributed by atoms with Crippen molar-refractivity contribution in [3.63, 3.8) is 0 Å². The van der Waals surface area contributed by atoms with E-state index >= 15 is 0 Å². The van der Waals surface area contributed by atoms with Crippen molar-refractivity contribution in [3.8, 4) is 0 Å². The van der Waals surface area contributed by atoms with Gasteiger partial charge in [0.1, 0.15) is 0 Å². The zero-order valence-electron chi connectivity index (χ0n) is 10.00. The van der Waals surface area contributed by atoms with E-state index in [1.165, 1.54) is 14.1 Å². The molecule has 1 aromatic rings. The quantitative estimate of drug-likeness (QED) is 0.754. The van der Waals surface area contributed by atoms with Crippen molar-refractivity contribution in [2.45, 2.75) is 12.5 Å². The summed E-state index contributed by atoms with van der Waals surface area (Å²) in [6.45, 7) is 0.00933. The molecule has 0 saturated carbocycles. The van der Waals surface area contributed by atoms with Crippen LogP contribution in [0.15, 0.2) is 30.3 Å². The van der Waals surface area contributed by atoms with Gasteiger partial charge in [-0.25, -0.2) is 0 Å². The highest BCUT2D eigenvalue weighted by atomic mass is 32.2. The van der Waals surface area contributed by atoms with Crippen LogP contribution in [0.5, 0.6) is 0 Å². The average molecular weight is 258 g/mol. The average Bonchev–Trinajstić information content (AvgIpc) is 2.28. The third-order valence-corrected chi connectivity index (χ3v) is 3.79. The number of nitrogens with zero attached hydrogens (tertiary/aromatic N) is 1. The van der Waals surface area contributed by atoms with Crippen LogP contribution in [0.1, 0.15) is 5.56 Å². The van der Waals surface area contributed by atoms with Gasteiger partial charge in [-0.05, 0) is 12.0 Å². The fourth-order valence-electron chi connectivity index (χ4n) is 1.29. The Morgan fingerprint density at radius 1 is 1.29 bits per heavy atom. The summed E-state index contributed by atoms with van der Waals surface area (Å²) in [6.07, 6.45) is -0.302. The number of benzene rings is 1. The smallest absolute Gasteiger partial charge is 0.279 e. The molecule has 0 bridgehead atoms. The molecule has 1 rings (SSSR count). The van der Waals surface area contributed by atoms with Crippen LogP contribution in [0.3, 0.4) is 0 Å². The first-order valence-electron chi connectivity index (χ1n) is 5.31. The molecule has 0 unspecified atom stereocenters. The summed E-state index contributed by atoms with van der Waals surface area (Å²) in [4.78, 5) is 0. The van der Waals surface area contributed by atoms with Gasteiger partial charge < -0.3 is 5.11 Å². The van der Waals surface area contributed by atoms with E-state index in [4.69, 9.17) is 0 Å². The Morgan fingerprint density at radius 3 is 2.41 bits per heavy atom. The van der Waals surface area contributed by atoms with Gasteiger partial charge in [-0.2, -0.15) is 17.4 Å². The van der Waals surface area contributed by atoms with Crippen molar-refractivity contribution in [2.75, 3.05) is 20.6 Å². The minimum absolute atomic E-state index is 0.00933. The summed E-state index contributed by atoms with van der Waals surface area (Å²) in [7, 11) is -0.589. The molecule has 0 heterocycles. The van der Waals surface area contributed by atoms with Gasteiger partial charge in [0.25, 0.3) is 10.2 Å². The standard InChI is InChI=1S/C11H18N2O3S/c1-13(2)17(15,16)12-9-11(14)8-10-6-4-3-5-7-10/h3-7,11-12,14H,8-9H2,1-2H3/t11-/m0/s1. The molecule has 0 aromatic heterocycles. The van der Waals surface area contributed by atoms with Gasteiger partial charge in [0.05, 0.1) is 6.10 Å². The van der Waals surface area contributed by atoms with Crippen LogP contribution in [-0.2, 0) is 16.6 Å². The molecule has 0 aliphatic heterocycles. The first-order chi connectivity index (χ1) is 7.92. The maximum Gasteiger partial charge on any atom is 0.279 e. The lowest BCUT2D eigenvalue weighted by Crippen LogP contribution is -2.40. The summed E-state index contributed by atoms with van der Waals surface area (Å²) in [5.74, 6) is 0. The van der Waals surface area contributed by atoms with E-state index < -0.39 is 16.3 Å². The monoisotopic (exact) mass is 258 g/mol. The van der Waals surface area contributed by atoms with Crippen molar-refractivity contribution in [1.29, 1.82) is 0 Å². The molecule has 96 valence electrons. The van der Waals surface area contributed by atoms with Crippen LogP contribution in [0.25, 0.3) is 0 Å². The van der Waals surface area contributed by atoms with Crippen LogP contribution >= 0.6 is 0 Å². The van der Waals surface area contributed by atoms with E-state index in [0.717, 1.165) is 9.87 Å². The molecule has 6 heteroatoms. The van der Waals surface area contributed by atoms with E-state index in [1.807, 2.05) is 30.3 Å². The van der Waals surface area contributed by atoms with Crippen LogP contribution in [0.4, 0.5) is 0 Å². The van der Waals surface area contributed by atoms with Gasteiger partial charge in [0.2, 0.25) is 0 Å². The van der Waals surface area contributed by atoms with Gasteiger partial charge in [-0.1, -0.05) is 30.3 Å². The Labute approximate surface area is 102 Å². The molecule has 0 aliphatic rings. The minimum atomic E-state index is -3.46. The van der Waals surface area contributed by atoms with E-state index in [-0.39, 0.29) is 6.54 Å². The zero-order valence-corrected chi connectivity index (χ0v) is 10.8. The highest BCUT2D eigenvalue weighted by Gasteiger charge is 2.15. The summed E-state index contributed by atoms with van der Waals surface area (Å²) in [5.41, 5.74) is 0.976. The molecule has 2 N–H and O–H groups in total. The predicted octanol–water partition coefficient (Wildman–Crippen LogP) is -0.0140. The SMILES string of the molecule is CN(C)S(=O)(=O)NC[C@@H](O)Cc1ccccc1. The van der Waals surface area contributed by atoms with Gasteiger partial charge in [0, 0.05) is 20.6 Å². The highest BCUT2D eigenvalue weighted by molar-refractivity contribution is 7.87. The molecule has 5 nitrogen and oxygen atoms in total. The Kier molecular flexibility index (Phi) is 5.07. The first-order valence-corrected chi connectivity index (χ1v) is 6.75. The van der Waals surface area contributed by atoms with E-state index in [9.17, 15) is 13.5 Å². The molecule has 0 saturated heterocycles. The van der Waals surface area contributed by atoms with E-state index in [0.29, 0.717) is 6.42 Å². The summed E-state index contributed by atoms with van der Waals surface area (Å²) < 4.78 is 26.2. The van der Waals surface area contributed by atoms with Gasteiger partial charge in [-0.15, -0.1) is 0 Å². The Balaban J connectivity index is 2.44. The molecule has 1 atom stereocenters. The van der Waals surface area contributed by atoms with Crippen LogP contribution in [0, 0.1) is 0 Å². The fraction of sp³-hybridized carbons (Fsp3) is 0.455. The second-order valence-electron chi connectivity index (χ2n) is 3.98. The largest absolute Gasteiger partial charge is 0.391 e. The van der Waals surface area contributed by atoms with Crippen molar-refractivity contribution in [2.24, 2.45) is 0 Å². The molecule has 0 fully saturated rings. The Hall–Kier alpha value is -0.950. The van der Waals surface area contributed by atoms with E-state index in [2.05, 4.69) is 4.72 Å². The third kappa shape index (κ3) is 4.82. The third-order valence-electron chi connectivity index (χ3n) is 2.30. The van der Waals surface area contributed by atoms with Crippen LogP contribution in [0.2, 0.25) is 0 Å². The number of hydrogen-bond acceptors (Lipinski definition) is 3. The number of aliphatic hydroxyl groups is 1. The lowest BCUT2D eigenvalue weighted by Gasteiger charge is -2.15. The molecule has 0 amide bonds. The molecule has 0 aliphatic carbocycles. The van der Waals surface area contributed by atoms with Gasteiger partial charge >= 0.3 is 0 Å². The number of rotatable bonds is 6. The van der Waals surface area contributed by atoms with Crippen LogP contribution in [-0.4, -0.2) is 44.6 Å². The second kappa shape index (κ2) is 6.11. The lowest BCUT2D eigenvalue weighted by atomic mass is 10.1.